The number of likely N-dealkylation sites (tertiary alicyclic amines) is 1. The molecular formula is C24H19F4N5O. The van der Waals surface area contributed by atoms with Crippen LogP contribution in [0.4, 0.5) is 17.6 Å². The van der Waals surface area contributed by atoms with Crippen LogP contribution in [0.25, 0.3) is 16.9 Å². The summed E-state index contributed by atoms with van der Waals surface area (Å²) in [4.78, 5) is 23.4. The molecule has 6 nitrogen and oxygen atoms in total. The van der Waals surface area contributed by atoms with E-state index in [9.17, 15) is 22.4 Å². The Labute approximate surface area is 191 Å². The maximum atomic E-state index is 13.9. The number of alkyl halides is 3. The molecule has 0 aliphatic carbocycles. The van der Waals surface area contributed by atoms with E-state index in [2.05, 4.69) is 15.1 Å². The van der Waals surface area contributed by atoms with Crippen LogP contribution in [0.2, 0.25) is 0 Å². The molecule has 3 aromatic heterocycles. The van der Waals surface area contributed by atoms with Gasteiger partial charge >= 0.3 is 6.18 Å². The van der Waals surface area contributed by atoms with Gasteiger partial charge in [0.05, 0.1) is 11.7 Å². The third-order valence-electron chi connectivity index (χ3n) is 5.91. The number of fused-ring (bicyclic) bond motifs is 1. The second-order valence-corrected chi connectivity index (χ2v) is 8.13. The Hall–Kier alpha value is -3.82. The molecule has 1 saturated heterocycles. The first-order valence-corrected chi connectivity index (χ1v) is 10.8. The number of amides is 1. The summed E-state index contributed by atoms with van der Waals surface area (Å²) in [6.45, 7) is 0.465. The lowest BCUT2D eigenvalue weighted by atomic mass is 9.96. The molecule has 34 heavy (non-hydrogen) atoms. The SMILES string of the molecule is O=C(c1cc2nc(-c3ccc(F)cc3)cc(C(F)(F)F)n2n1)N1CCCC[C@@H]1c1cccnc1. The normalized spacial score (nSPS) is 16.7. The summed E-state index contributed by atoms with van der Waals surface area (Å²) in [6.07, 6.45) is 1.03. The fraction of sp³-hybridized carbons (Fsp3) is 0.250. The summed E-state index contributed by atoms with van der Waals surface area (Å²) in [5.41, 5.74) is -0.121. The quantitative estimate of drug-likeness (QED) is 0.381. The molecule has 1 fully saturated rings. The number of pyridine rings is 1. The third-order valence-corrected chi connectivity index (χ3v) is 5.91. The van der Waals surface area contributed by atoms with Gasteiger partial charge < -0.3 is 4.90 Å². The Balaban J connectivity index is 1.57. The molecule has 10 heteroatoms. The largest absolute Gasteiger partial charge is 0.433 e. The number of hydrogen-bond donors (Lipinski definition) is 0. The van der Waals surface area contributed by atoms with E-state index in [1.165, 1.54) is 18.2 Å². The van der Waals surface area contributed by atoms with Crippen molar-refractivity contribution in [1.29, 1.82) is 0 Å². The second kappa shape index (κ2) is 8.51. The summed E-state index contributed by atoms with van der Waals surface area (Å²) in [6, 6.07) is 10.5. The van der Waals surface area contributed by atoms with Gasteiger partial charge in [0.25, 0.3) is 5.91 Å². The topological polar surface area (TPSA) is 63.4 Å². The first-order valence-electron chi connectivity index (χ1n) is 10.8. The molecule has 1 aromatic carbocycles. The minimum absolute atomic E-state index is 0.00457. The van der Waals surface area contributed by atoms with Gasteiger partial charge in [-0.15, -0.1) is 0 Å². The van der Waals surface area contributed by atoms with Crippen LogP contribution in [-0.4, -0.2) is 36.9 Å². The van der Waals surface area contributed by atoms with Gasteiger partial charge in [-0.3, -0.25) is 9.78 Å². The fourth-order valence-corrected chi connectivity index (χ4v) is 4.29. The number of piperidine rings is 1. The van der Waals surface area contributed by atoms with E-state index >= 15 is 0 Å². The van der Waals surface area contributed by atoms with Crippen molar-refractivity contribution in [2.24, 2.45) is 0 Å². The molecule has 4 heterocycles. The van der Waals surface area contributed by atoms with Crippen molar-refractivity contribution in [3.63, 3.8) is 0 Å². The summed E-state index contributed by atoms with van der Waals surface area (Å²) in [5, 5.41) is 4.00. The first-order chi connectivity index (χ1) is 16.3. The van der Waals surface area contributed by atoms with Crippen LogP contribution in [-0.2, 0) is 6.18 Å². The van der Waals surface area contributed by atoms with Gasteiger partial charge in [0.1, 0.15) is 5.82 Å². The summed E-state index contributed by atoms with van der Waals surface area (Å²) in [7, 11) is 0. The number of halogens is 4. The highest BCUT2D eigenvalue weighted by Crippen LogP contribution is 2.34. The molecule has 174 valence electrons. The molecule has 4 aromatic rings. The number of benzene rings is 1. The van der Waals surface area contributed by atoms with Crippen LogP contribution in [0, 0.1) is 5.82 Å². The van der Waals surface area contributed by atoms with Gasteiger partial charge in [0.2, 0.25) is 0 Å². The van der Waals surface area contributed by atoms with E-state index < -0.39 is 23.6 Å². The van der Waals surface area contributed by atoms with Crippen molar-refractivity contribution in [1.82, 2.24) is 24.5 Å². The van der Waals surface area contributed by atoms with Crippen molar-refractivity contribution < 1.29 is 22.4 Å². The zero-order chi connectivity index (χ0) is 23.9. The van der Waals surface area contributed by atoms with Crippen LogP contribution in [0.1, 0.15) is 47.1 Å². The first kappa shape index (κ1) is 22.0. The van der Waals surface area contributed by atoms with Crippen molar-refractivity contribution in [3.8, 4) is 11.3 Å². The maximum Gasteiger partial charge on any atom is 0.433 e. The molecule has 0 saturated carbocycles. The minimum atomic E-state index is -4.74. The molecule has 1 aliphatic heterocycles. The predicted molar refractivity (Wildman–Crippen MR) is 115 cm³/mol. The molecule has 1 aliphatic rings. The molecule has 0 N–H and O–H groups in total. The zero-order valence-corrected chi connectivity index (χ0v) is 17.8. The molecule has 1 amide bonds. The Bertz CT molecular complexity index is 1340. The minimum Gasteiger partial charge on any atom is -0.330 e. The Morgan fingerprint density at radius 3 is 2.56 bits per heavy atom. The van der Waals surface area contributed by atoms with Gasteiger partial charge in [0.15, 0.2) is 17.0 Å². The van der Waals surface area contributed by atoms with E-state index in [0.29, 0.717) is 16.6 Å². The number of hydrogen-bond acceptors (Lipinski definition) is 4. The highest BCUT2D eigenvalue weighted by atomic mass is 19.4. The van der Waals surface area contributed by atoms with E-state index in [0.717, 1.165) is 43.0 Å². The van der Waals surface area contributed by atoms with Gasteiger partial charge in [0, 0.05) is 30.6 Å². The standard InChI is InChI=1S/C24H19F4N5O/c25-17-8-6-15(7-9-17)18-12-21(24(26,27)28)33-22(30-18)13-19(31-33)23(34)32-11-2-1-5-20(32)16-4-3-10-29-14-16/h3-4,6-10,12-14,20H,1-2,5,11H2/t20-/m1/s1. The molecule has 0 radical (unpaired) electrons. The molecule has 1 atom stereocenters. The van der Waals surface area contributed by atoms with E-state index in [4.69, 9.17) is 0 Å². The lowest BCUT2D eigenvalue weighted by Gasteiger charge is -2.35. The Morgan fingerprint density at radius 1 is 1.06 bits per heavy atom. The molecular weight excluding hydrogens is 450 g/mol. The zero-order valence-electron chi connectivity index (χ0n) is 17.8. The van der Waals surface area contributed by atoms with Gasteiger partial charge in [-0.1, -0.05) is 6.07 Å². The molecule has 0 spiro atoms. The monoisotopic (exact) mass is 469 g/mol. The van der Waals surface area contributed by atoms with E-state index in [1.807, 2.05) is 6.07 Å². The van der Waals surface area contributed by atoms with E-state index in [-0.39, 0.29) is 23.1 Å². The number of nitrogens with zero attached hydrogens (tertiary/aromatic N) is 5. The smallest absolute Gasteiger partial charge is 0.330 e. The van der Waals surface area contributed by atoms with Crippen LogP contribution in [0.15, 0.2) is 60.9 Å². The number of carbonyl (C=O) groups is 1. The van der Waals surface area contributed by atoms with Crippen LogP contribution < -0.4 is 0 Å². The van der Waals surface area contributed by atoms with Crippen LogP contribution >= 0.6 is 0 Å². The average molecular weight is 469 g/mol. The number of aromatic nitrogens is 4. The highest BCUT2D eigenvalue weighted by Gasteiger charge is 2.36. The molecule has 0 unspecified atom stereocenters. The van der Waals surface area contributed by atoms with Gasteiger partial charge in [-0.05, 0) is 61.2 Å². The highest BCUT2D eigenvalue weighted by molar-refractivity contribution is 5.93. The number of carbonyl (C=O) groups excluding carboxylic acids is 1. The van der Waals surface area contributed by atoms with Crippen molar-refractivity contribution in [2.45, 2.75) is 31.5 Å². The lowest BCUT2D eigenvalue weighted by molar-refractivity contribution is -0.142. The van der Waals surface area contributed by atoms with E-state index in [1.54, 1.807) is 23.4 Å². The van der Waals surface area contributed by atoms with Crippen molar-refractivity contribution >= 4 is 11.6 Å². The average Bonchev–Trinajstić information content (AvgIpc) is 3.27. The van der Waals surface area contributed by atoms with Crippen molar-refractivity contribution in [3.05, 3.63) is 83.7 Å². The van der Waals surface area contributed by atoms with Crippen molar-refractivity contribution in [2.75, 3.05) is 6.54 Å². The summed E-state index contributed by atoms with van der Waals surface area (Å²) in [5.74, 6) is -0.974. The van der Waals surface area contributed by atoms with Crippen LogP contribution in [0.5, 0.6) is 0 Å². The second-order valence-electron chi connectivity index (χ2n) is 8.13. The maximum absolute atomic E-state index is 13.9. The van der Waals surface area contributed by atoms with Gasteiger partial charge in [-0.2, -0.15) is 18.3 Å². The van der Waals surface area contributed by atoms with Gasteiger partial charge in [-0.25, -0.2) is 13.9 Å². The summed E-state index contributed by atoms with van der Waals surface area (Å²) < 4.78 is 55.6. The molecule has 5 rings (SSSR count). The number of rotatable bonds is 3. The third kappa shape index (κ3) is 4.11. The Morgan fingerprint density at radius 2 is 1.85 bits per heavy atom. The lowest BCUT2D eigenvalue weighted by Crippen LogP contribution is -2.38. The molecule has 0 bridgehead atoms. The fourth-order valence-electron chi connectivity index (χ4n) is 4.29. The Kier molecular flexibility index (Phi) is 5.51. The summed E-state index contributed by atoms with van der Waals surface area (Å²) >= 11 is 0. The predicted octanol–water partition coefficient (Wildman–Crippen LogP) is 5.32. The van der Waals surface area contributed by atoms with Crippen LogP contribution in [0.3, 0.4) is 0 Å².